The Morgan fingerprint density at radius 3 is 3.00 bits per heavy atom. The van der Waals surface area contributed by atoms with Gasteiger partial charge in [0.05, 0.1) is 4.88 Å². The van der Waals surface area contributed by atoms with Gasteiger partial charge in [-0.25, -0.2) is 4.39 Å². The van der Waals surface area contributed by atoms with Crippen molar-refractivity contribution in [3.63, 3.8) is 0 Å². The van der Waals surface area contributed by atoms with Gasteiger partial charge in [0.25, 0.3) is 0 Å². The van der Waals surface area contributed by atoms with Crippen LogP contribution in [-0.2, 0) is 11.2 Å². The number of carbonyl (C=O) groups excluding carboxylic acids is 1. The highest BCUT2D eigenvalue weighted by Crippen LogP contribution is 2.25. The first-order chi connectivity index (χ1) is 12.1. The molecule has 2 N–H and O–H groups in total. The van der Waals surface area contributed by atoms with Crippen molar-refractivity contribution in [2.24, 2.45) is 0 Å². The zero-order valence-corrected chi connectivity index (χ0v) is 15.2. The summed E-state index contributed by atoms with van der Waals surface area (Å²) in [6, 6.07) is 9.71. The quantitative estimate of drug-likeness (QED) is 0.645. The van der Waals surface area contributed by atoms with Crippen LogP contribution in [0, 0.1) is 10.6 Å². The molecule has 0 aliphatic rings. The second-order valence-corrected chi connectivity index (χ2v) is 6.88. The number of hydrogen-bond acceptors (Lipinski definition) is 4. The van der Waals surface area contributed by atoms with E-state index in [0.29, 0.717) is 23.6 Å². The number of carbonyl (C=O) groups is 1. The minimum absolute atomic E-state index is 0.160. The fourth-order valence-electron chi connectivity index (χ4n) is 2.53. The highest BCUT2D eigenvalue weighted by Gasteiger charge is 2.20. The molecule has 0 spiro atoms. The van der Waals surface area contributed by atoms with E-state index in [1.165, 1.54) is 23.5 Å². The first-order valence-electron chi connectivity index (χ1n) is 7.79. The molecule has 0 bridgehead atoms. The number of nitrogens with zero attached hydrogens (tertiary/aromatic N) is 2. The Morgan fingerprint density at radius 1 is 1.44 bits per heavy atom. The standard InChI is InChI=1S/C17H17FN4OS2/c1-11(16(23)19-8-7-12-4-2-5-13(18)10-12)22-15(20-21-17(22)24)14-6-3-9-25-14/h2-6,9-11H,7-8H2,1H3,(H,19,23)(H,21,24). The maximum absolute atomic E-state index is 13.2. The highest BCUT2D eigenvalue weighted by atomic mass is 32.1. The van der Waals surface area contributed by atoms with Crippen LogP contribution < -0.4 is 5.32 Å². The van der Waals surface area contributed by atoms with Crippen molar-refractivity contribution < 1.29 is 9.18 Å². The van der Waals surface area contributed by atoms with Gasteiger partial charge in [-0.15, -0.1) is 11.3 Å². The number of aromatic nitrogens is 3. The summed E-state index contributed by atoms with van der Waals surface area (Å²) in [5, 5.41) is 11.8. The molecule has 0 saturated heterocycles. The van der Waals surface area contributed by atoms with E-state index < -0.39 is 6.04 Å². The van der Waals surface area contributed by atoms with Gasteiger partial charge in [0.1, 0.15) is 11.9 Å². The van der Waals surface area contributed by atoms with Gasteiger partial charge in [-0.2, -0.15) is 5.10 Å². The van der Waals surface area contributed by atoms with Crippen LogP contribution in [0.3, 0.4) is 0 Å². The van der Waals surface area contributed by atoms with E-state index >= 15 is 0 Å². The third-order valence-corrected chi connectivity index (χ3v) is 4.97. The van der Waals surface area contributed by atoms with Crippen molar-refractivity contribution in [2.75, 3.05) is 6.54 Å². The van der Waals surface area contributed by atoms with Gasteiger partial charge in [-0.1, -0.05) is 18.2 Å². The molecule has 25 heavy (non-hydrogen) atoms. The smallest absolute Gasteiger partial charge is 0.242 e. The molecule has 3 rings (SSSR count). The number of thiophene rings is 1. The van der Waals surface area contributed by atoms with E-state index in [9.17, 15) is 9.18 Å². The van der Waals surface area contributed by atoms with E-state index in [1.807, 2.05) is 23.6 Å². The molecular weight excluding hydrogens is 359 g/mol. The molecule has 1 amide bonds. The zero-order chi connectivity index (χ0) is 17.8. The number of rotatable bonds is 6. The largest absolute Gasteiger partial charge is 0.354 e. The average molecular weight is 376 g/mol. The lowest BCUT2D eigenvalue weighted by atomic mass is 10.1. The molecule has 0 radical (unpaired) electrons. The van der Waals surface area contributed by atoms with Crippen LogP contribution in [0.5, 0.6) is 0 Å². The number of nitrogens with one attached hydrogen (secondary N) is 2. The summed E-state index contributed by atoms with van der Waals surface area (Å²) in [5.41, 5.74) is 0.840. The van der Waals surface area contributed by atoms with Gasteiger partial charge in [-0.3, -0.25) is 14.5 Å². The van der Waals surface area contributed by atoms with Crippen LogP contribution in [-0.4, -0.2) is 27.2 Å². The molecule has 130 valence electrons. The van der Waals surface area contributed by atoms with Gasteiger partial charge in [0.15, 0.2) is 10.6 Å². The minimum Gasteiger partial charge on any atom is -0.354 e. The van der Waals surface area contributed by atoms with Crippen LogP contribution in [0.15, 0.2) is 41.8 Å². The van der Waals surface area contributed by atoms with Crippen molar-refractivity contribution in [2.45, 2.75) is 19.4 Å². The SMILES string of the molecule is CC(C(=O)NCCc1cccc(F)c1)n1c(-c2cccs2)n[nH]c1=S. The molecule has 8 heteroatoms. The third-order valence-electron chi connectivity index (χ3n) is 3.81. The molecule has 1 unspecified atom stereocenters. The van der Waals surface area contributed by atoms with E-state index in [4.69, 9.17) is 12.2 Å². The molecule has 0 aliphatic carbocycles. The van der Waals surface area contributed by atoms with Gasteiger partial charge in [0, 0.05) is 6.54 Å². The Morgan fingerprint density at radius 2 is 2.28 bits per heavy atom. The van der Waals surface area contributed by atoms with Gasteiger partial charge >= 0.3 is 0 Å². The van der Waals surface area contributed by atoms with Crippen molar-refractivity contribution in [3.8, 4) is 10.7 Å². The van der Waals surface area contributed by atoms with Gasteiger partial charge in [0.2, 0.25) is 5.91 Å². The van der Waals surface area contributed by atoms with Gasteiger partial charge < -0.3 is 5.32 Å². The fraction of sp³-hybridized carbons (Fsp3) is 0.235. The lowest BCUT2D eigenvalue weighted by Crippen LogP contribution is -2.32. The van der Waals surface area contributed by atoms with Crippen LogP contribution >= 0.6 is 23.6 Å². The number of amides is 1. The second-order valence-electron chi connectivity index (χ2n) is 5.55. The average Bonchev–Trinajstić information content (AvgIpc) is 3.23. The molecule has 5 nitrogen and oxygen atoms in total. The van der Waals surface area contributed by atoms with E-state index in [-0.39, 0.29) is 11.7 Å². The Balaban J connectivity index is 1.67. The van der Waals surface area contributed by atoms with Gasteiger partial charge in [-0.05, 0) is 54.7 Å². The molecule has 0 fully saturated rings. The molecule has 2 heterocycles. The maximum Gasteiger partial charge on any atom is 0.242 e. The first kappa shape index (κ1) is 17.5. The lowest BCUT2D eigenvalue weighted by molar-refractivity contribution is -0.123. The number of H-pyrrole nitrogens is 1. The normalized spacial score (nSPS) is 12.1. The molecule has 1 aromatic carbocycles. The van der Waals surface area contributed by atoms with E-state index in [1.54, 1.807) is 17.6 Å². The fourth-order valence-corrected chi connectivity index (χ4v) is 3.53. The summed E-state index contributed by atoms with van der Waals surface area (Å²) in [7, 11) is 0. The van der Waals surface area contributed by atoms with Crippen LogP contribution in [0.2, 0.25) is 0 Å². The third kappa shape index (κ3) is 4.02. The Hall–Kier alpha value is -2.32. The number of benzene rings is 1. The Kier molecular flexibility index (Phi) is 5.40. The molecule has 1 atom stereocenters. The number of halogens is 1. The number of hydrogen-bond donors (Lipinski definition) is 2. The molecular formula is C17H17FN4OS2. The molecule has 0 aliphatic heterocycles. The highest BCUT2D eigenvalue weighted by molar-refractivity contribution is 7.71. The van der Waals surface area contributed by atoms with Crippen molar-refractivity contribution in [3.05, 3.63) is 57.9 Å². The van der Waals surface area contributed by atoms with E-state index in [2.05, 4.69) is 15.5 Å². The monoisotopic (exact) mass is 376 g/mol. The van der Waals surface area contributed by atoms with Crippen molar-refractivity contribution in [1.29, 1.82) is 0 Å². The predicted octanol–water partition coefficient (Wildman–Crippen LogP) is 3.73. The molecule has 3 aromatic rings. The molecule has 0 saturated carbocycles. The molecule has 2 aromatic heterocycles. The summed E-state index contributed by atoms with van der Waals surface area (Å²) < 4.78 is 15.3. The van der Waals surface area contributed by atoms with Crippen molar-refractivity contribution >= 4 is 29.5 Å². The summed E-state index contributed by atoms with van der Waals surface area (Å²) in [5.74, 6) is 0.210. The van der Waals surface area contributed by atoms with E-state index in [0.717, 1.165) is 10.4 Å². The second kappa shape index (κ2) is 7.71. The predicted molar refractivity (Wildman–Crippen MR) is 98.5 cm³/mol. The van der Waals surface area contributed by atoms with Crippen LogP contribution in [0.25, 0.3) is 10.7 Å². The number of aromatic amines is 1. The summed E-state index contributed by atoms with van der Waals surface area (Å²) in [6.45, 7) is 2.20. The topological polar surface area (TPSA) is 62.7 Å². The maximum atomic E-state index is 13.2. The van der Waals surface area contributed by atoms with Crippen LogP contribution in [0.1, 0.15) is 18.5 Å². The Bertz CT molecular complexity index is 917. The minimum atomic E-state index is -0.504. The van der Waals surface area contributed by atoms with Crippen molar-refractivity contribution in [1.82, 2.24) is 20.1 Å². The first-order valence-corrected chi connectivity index (χ1v) is 9.08. The Labute approximate surface area is 153 Å². The summed E-state index contributed by atoms with van der Waals surface area (Å²) in [4.78, 5) is 13.4. The van der Waals surface area contributed by atoms with Crippen LogP contribution in [0.4, 0.5) is 4.39 Å². The summed E-state index contributed by atoms with van der Waals surface area (Å²) >= 11 is 6.81. The lowest BCUT2D eigenvalue weighted by Gasteiger charge is -2.15. The summed E-state index contributed by atoms with van der Waals surface area (Å²) in [6.07, 6.45) is 0.560. The zero-order valence-electron chi connectivity index (χ0n) is 13.5.